The average Bonchev–Trinajstić information content (AvgIpc) is 3.30. The Balaban J connectivity index is 1.83. The first-order valence-corrected chi connectivity index (χ1v) is 9.49. The molecule has 4 rings (SSSR count). The van der Waals surface area contributed by atoms with E-state index in [-0.39, 0.29) is 0 Å². The molecule has 2 aromatic carbocycles. The van der Waals surface area contributed by atoms with Gasteiger partial charge in [-0.2, -0.15) is 0 Å². The van der Waals surface area contributed by atoms with Crippen LogP contribution in [0.4, 0.5) is 0 Å². The Morgan fingerprint density at radius 3 is 2.68 bits per heavy atom. The number of hydrogen-bond donors (Lipinski definition) is 1. The van der Waals surface area contributed by atoms with Crippen LogP contribution in [0.25, 0.3) is 22.3 Å². The lowest BCUT2D eigenvalue weighted by Gasteiger charge is -2.08. The van der Waals surface area contributed by atoms with Crippen LogP contribution >= 0.6 is 0 Å². The number of aromatic nitrogens is 3. The Hall–Kier alpha value is -3.34. The van der Waals surface area contributed by atoms with Gasteiger partial charge in [0.25, 0.3) is 0 Å². The van der Waals surface area contributed by atoms with Crippen molar-refractivity contribution in [1.29, 1.82) is 5.41 Å². The molecule has 4 aromatic rings. The first kappa shape index (κ1) is 18.0. The topological polar surface area (TPSA) is 55.8 Å². The van der Waals surface area contributed by atoms with E-state index in [1.54, 1.807) is 7.11 Å². The molecule has 5 heteroatoms. The molecule has 0 aliphatic heterocycles. The van der Waals surface area contributed by atoms with Crippen molar-refractivity contribution in [3.05, 3.63) is 72.2 Å². The first-order valence-electron chi connectivity index (χ1n) is 9.49. The largest absolute Gasteiger partial charge is 0.497 e. The number of methoxy groups -OCH3 is 1. The van der Waals surface area contributed by atoms with E-state index >= 15 is 0 Å². The highest BCUT2D eigenvalue weighted by Crippen LogP contribution is 2.35. The van der Waals surface area contributed by atoms with E-state index in [9.17, 15) is 0 Å². The van der Waals surface area contributed by atoms with Gasteiger partial charge in [0.2, 0.25) is 0 Å². The van der Waals surface area contributed by atoms with Gasteiger partial charge in [-0.05, 0) is 36.4 Å². The molecule has 0 saturated carbocycles. The monoisotopic (exact) mass is 372 g/mol. The van der Waals surface area contributed by atoms with E-state index in [1.165, 1.54) is 11.8 Å². The number of ether oxygens (including phenoxy) is 1. The third kappa shape index (κ3) is 3.20. The molecule has 0 amide bonds. The summed E-state index contributed by atoms with van der Waals surface area (Å²) in [6, 6.07) is 16.5. The zero-order valence-corrected chi connectivity index (χ0v) is 16.2. The molecule has 142 valence electrons. The molecular weight excluding hydrogens is 348 g/mol. The summed E-state index contributed by atoms with van der Waals surface area (Å²) in [5.74, 6) is 0.835. The van der Waals surface area contributed by atoms with Crippen molar-refractivity contribution in [2.75, 3.05) is 7.11 Å². The molecular formula is C23H24N4O. The van der Waals surface area contributed by atoms with Crippen molar-refractivity contribution in [1.82, 2.24) is 14.1 Å². The summed E-state index contributed by atoms with van der Waals surface area (Å²) >= 11 is 0. The normalized spacial score (nSPS) is 11.1. The predicted octanol–water partition coefficient (Wildman–Crippen LogP) is 4.77. The predicted molar refractivity (Wildman–Crippen MR) is 113 cm³/mol. The fourth-order valence-corrected chi connectivity index (χ4v) is 3.82. The number of nitrogens with one attached hydrogen (secondary N) is 1. The number of aryl methyl sites for hydroxylation is 1. The third-order valence-electron chi connectivity index (χ3n) is 5.08. The Morgan fingerprint density at radius 2 is 1.96 bits per heavy atom. The molecule has 28 heavy (non-hydrogen) atoms. The molecule has 2 heterocycles. The zero-order chi connectivity index (χ0) is 19.5. The molecule has 0 spiro atoms. The van der Waals surface area contributed by atoms with Crippen LogP contribution in [0.3, 0.4) is 0 Å². The average molecular weight is 372 g/mol. The highest BCUT2D eigenvalue weighted by atomic mass is 16.5. The van der Waals surface area contributed by atoms with Crippen LogP contribution < -0.4 is 4.74 Å². The minimum atomic E-state index is 0.580. The molecule has 0 radical (unpaired) electrons. The Bertz CT molecular complexity index is 1110. The second kappa shape index (κ2) is 7.72. The first-order chi connectivity index (χ1) is 13.7. The summed E-state index contributed by atoms with van der Waals surface area (Å²) < 4.78 is 9.81. The third-order valence-corrected chi connectivity index (χ3v) is 5.08. The molecule has 1 N–H and O–H groups in total. The van der Waals surface area contributed by atoms with Gasteiger partial charge in [-0.1, -0.05) is 30.3 Å². The van der Waals surface area contributed by atoms with E-state index in [2.05, 4.69) is 58.7 Å². The van der Waals surface area contributed by atoms with E-state index < -0.39 is 0 Å². The van der Waals surface area contributed by atoms with E-state index in [0.717, 1.165) is 46.7 Å². The maximum atomic E-state index is 7.69. The maximum Gasteiger partial charge on any atom is 0.120 e. The van der Waals surface area contributed by atoms with Gasteiger partial charge in [0.05, 0.1) is 24.6 Å². The number of benzene rings is 2. The molecule has 0 aliphatic rings. The van der Waals surface area contributed by atoms with Crippen molar-refractivity contribution < 1.29 is 4.74 Å². The molecule has 0 aliphatic carbocycles. The Labute approximate surface area is 164 Å². The smallest absolute Gasteiger partial charge is 0.120 e. The van der Waals surface area contributed by atoms with Gasteiger partial charge in [0.15, 0.2) is 0 Å². The van der Waals surface area contributed by atoms with Gasteiger partial charge in [0.1, 0.15) is 11.4 Å². The molecule has 0 unspecified atom stereocenters. The molecule has 0 fully saturated rings. The highest BCUT2D eigenvalue weighted by molar-refractivity contribution is 5.94. The summed E-state index contributed by atoms with van der Waals surface area (Å²) in [4.78, 5) is 4.71. The van der Waals surface area contributed by atoms with Crippen LogP contribution in [0.2, 0.25) is 0 Å². The minimum absolute atomic E-state index is 0.580. The van der Waals surface area contributed by atoms with Crippen molar-refractivity contribution in [3.8, 4) is 17.1 Å². The second-order valence-corrected chi connectivity index (χ2v) is 6.78. The number of rotatable bonds is 7. The highest BCUT2D eigenvalue weighted by Gasteiger charge is 2.19. The number of nitrogens with zero attached hydrogens (tertiary/aromatic N) is 3. The summed E-state index contributed by atoms with van der Waals surface area (Å²) in [6.07, 6.45) is 6.02. The standard InChI is InChI=1S/C23H24N4O/c1-3-27-22-13-18(28-2)9-10-19(22)20(11-12-24)23(27)21-15-26(16-25-21)14-17-7-5-4-6-8-17/h4-10,12-13,15-16,24H,3,11,14H2,1-2H3. The van der Waals surface area contributed by atoms with Crippen LogP contribution in [0.15, 0.2) is 61.1 Å². The lowest BCUT2D eigenvalue weighted by molar-refractivity contribution is 0.415. The van der Waals surface area contributed by atoms with Gasteiger partial charge in [-0.15, -0.1) is 0 Å². The lowest BCUT2D eigenvalue weighted by Crippen LogP contribution is -2.00. The van der Waals surface area contributed by atoms with E-state index in [0.29, 0.717) is 6.42 Å². The van der Waals surface area contributed by atoms with Crippen LogP contribution in [0.1, 0.15) is 18.1 Å². The molecule has 5 nitrogen and oxygen atoms in total. The number of fused-ring (bicyclic) bond motifs is 1. The van der Waals surface area contributed by atoms with Crippen molar-refractivity contribution in [3.63, 3.8) is 0 Å². The van der Waals surface area contributed by atoms with Crippen LogP contribution in [0, 0.1) is 5.41 Å². The van der Waals surface area contributed by atoms with Gasteiger partial charge >= 0.3 is 0 Å². The van der Waals surface area contributed by atoms with Gasteiger partial charge in [-0.25, -0.2) is 4.98 Å². The molecule has 2 aromatic heterocycles. The lowest BCUT2D eigenvalue weighted by atomic mass is 10.1. The SMILES string of the molecule is CCn1c(-c2cn(Cc3ccccc3)cn2)c(CC=N)c2ccc(OC)cc21. The minimum Gasteiger partial charge on any atom is -0.497 e. The summed E-state index contributed by atoms with van der Waals surface area (Å²) in [5.41, 5.74) is 5.52. The second-order valence-electron chi connectivity index (χ2n) is 6.78. The van der Waals surface area contributed by atoms with Crippen molar-refractivity contribution in [2.24, 2.45) is 0 Å². The van der Waals surface area contributed by atoms with Gasteiger partial charge < -0.3 is 19.3 Å². The molecule has 0 atom stereocenters. The summed E-state index contributed by atoms with van der Waals surface area (Å²) in [5, 5.41) is 8.84. The van der Waals surface area contributed by atoms with Crippen LogP contribution in [-0.2, 0) is 19.5 Å². The quantitative estimate of drug-likeness (QED) is 0.475. The van der Waals surface area contributed by atoms with Crippen molar-refractivity contribution >= 4 is 17.1 Å². The molecule has 0 bridgehead atoms. The number of hydrogen-bond acceptors (Lipinski definition) is 3. The Morgan fingerprint density at radius 1 is 1.14 bits per heavy atom. The van der Waals surface area contributed by atoms with Crippen LogP contribution in [0.5, 0.6) is 5.75 Å². The number of imidazole rings is 1. The van der Waals surface area contributed by atoms with Gasteiger partial charge in [0, 0.05) is 37.2 Å². The summed E-state index contributed by atoms with van der Waals surface area (Å²) in [7, 11) is 1.69. The fraction of sp³-hybridized carbons (Fsp3) is 0.217. The Kier molecular flexibility index (Phi) is 4.98. The van der Waals surface area contributed by atoms with E-state index in [4.69, 9.17) is 15.1 Å². The fourth-order valence-electron chi connectivity index (χ4n) is 3.82. The van der Waals surface area contributed by atoms with Crippen molar-refractivity contribution in [2.45, 2.75) is 26.4 Å². The maximum absolute atomic E-state index is 7.69. The van der Waals surface area contributed by atoms with E-state index in [1.807, 2.05) is 18.5 Å². The van der Waals surface area contributed by atoms with Gasteiger partial charge in [-0.3, -0.25) is 0 Å². The summed E-state index contributed by atoms with van der Waals surface area (Å²) in [6.45, 7) is 3.74. The molecule has 0 saturated heterocycles. The zero-order valence-electron chi connectivity index (χ0n) is 16.2. The van der Waals surface area contributed by atoms with Crippen LogP contribution in [-0.4, -0.2) is 27.4 Å².